The van der Waals surface area contributed by atoms with Gasteiger partial charge in [-0.1, -0.05) is 12.1 Å². The van der Waals surface area contributed by atoms with Crippen LogP contribution in [0.15, 0.2) is 47.4 Å². The van der Waals surface area contributed by atoms with Gasteiger partial charge in [-0.15, -0.1) is 0 Å². The minimum Gasteiger partial charge on any atom is -0.298 e. The van der Waals surface area contributed by atoms with Crippen molar-refractivity contribution in [1.82, 2.24) is 9.62 Å². The first kappa shape index (κ1) is 24.9. The van der Waals surface area contributed by atoms with Gasteiger partial charge in [0, 0.05) is 25.7 Å². The second-order valence-electron chi connectivity index (χ2n) is 8.76. The lowest BCUT2D eigenvalue weighted by Gasteiger charge is -2.22. The standard InChI is InChI=1S/C22H21F7N2O2S/c23-19-8-13(4-6-18(19)22(27,28)29)10-31-11-14-5-7-20(17(14)12-31)30-34(32,33)16-3-1-2-15(9-16)21(24,25)26/h1-4,6,8-9,14,17,20,30H,5,7,10-12H2/t14-,17+,20+/m0/s1. The molecule has 186 valence electrons. The van der Waals surface area contributed by atoms with Crippen LogP contribution in [0.2, 0.25) is 0 Å². The first-order valence-corrected chi connectivity index (χ1v) is 12.0. The van der Waals surface area contributed by atoms with Crippen LogP contribution in [0.1, 0.15) is 29.5 Å². The zero-order chi connectivity index (χ0) is 24.9. The Morgan fingerprint density at radius 3 is 2.32 bits per heavy atom. The number of halogens is 7. The van der Waals surface area contributed by atoms with Crippen LogP contribution < -0.4 is 4.72 Å². The fourth-order valence-electron chi connectivity index (χ4n) is 4.89. The Morgan fingerprint density at radius 1 is 0.941 bits per heavy atom. The van der Waals surface area contributed by atoms with Crippen LogP contribution in [0.3, 0.4) is 0 Å². The number of hydrogen-bond acceptors (Lipinski definition) is 3. The minimum absolute atomic E-state index is 0.111. The molecule has 2 aromatic rings. The average Bonchev–Trinajstić information content (AvgIpc) is 3.27. The van der Waals surface area contributed by atoms with E-state index in [-0.39, 0.29) is 18.4 Å². The molecule has 1 saturated carbocycles. The van der Waals surface area contributed by atoms with Gasteiger partial charge in [-0.2, -0.15) is 26.3 Å². The predicted octanol–water partition coefficient (Wildman–Crippen LogP) is 5.05. The summed E-state index contributed by atoms with van der Waals surface area (Å²) in [6.45, 7) is 1.20. The number of sulfonamides is 1. The molecule has 0 unspecified atom stereocenters. The molecule has 2 aromatic carbocycles. The minimum atomic E-state index is -4.78. The van der Waals surface area contributed by atoms with Gasteiger partial charge in [0.2, 0.25) is 10.0 Å². The molecule has 0 spiro atoms. The summed E-state index contributed by atoms with van der Waals surface area (Å²) in [5, 5.41) is 0. The Kier molecular flexibility index (Phi) is 6.45. The Hall–Kier alpha value is -2.18. The largest absolute Gasteiger partial charge is 0.419 e. The number of nitrogens with one attached hydrogen (secondary N) is 1. The highest BCUT2D eigenvalue weighted by molar-refractivity contribution is 7.89. The molecule has 1 heterocycles. The van der Waals surface area contributed by atoms with E-state index in [0.29, 0.717) is 43.6 Å². The molecular formula is C22H21F7N2O2S. The third-order valence-corrected chi connectivity index (χ3v) is 7.94. The first-order chi connectivity index (χ1) is 15.7. The van der Waals surface area contributed by atoms with Crippen molar-refractivity contribution >= 4 is 10.0 Å². The fraction of sp³-hybridized carbons (Fsp3) is 0.455. The second-order valence-corrected chi connectivity index (χ2v) is 10.5. The van der Waals surface area contributed by atoms with E-state index >= 15 is 0 Å². The molecule has 0 bridgehead atoms. The molecular weight excluding hydrogens is 489 g/mol. The van der Waals surface area contributed by atoms with Gasteiger partial charge in [0.1, 0.15) is 5.82 Å². The van der Waals surface area contributed by atoms with Crippen LogP contribution in [0.5, 0.6) is 0 Å². The second kappa shape index (κ2) is 8.80. The van der Waals surface area contributed by atoms with Crippen molar-refractivity contribution in [3.8, 4) is 0 Å². The Morgan fingerprint density at radius 2 is 1.68 bits per heavy atom. The van der Waals surface area contributed by atoms with E-state index in [4.69, 9.17) is 0 Å². The van der Waals surface area contributed by atoms with Crippen molar-refractivity contribution in [3.63, 3.8) is 0 Å². The first-order valence-electron chi connectivity index (χ1n) is 10.5. The van der Waals surface area contributed by atoms with Gasteiger partial charge in [0.05, 0.1) is 16.0 Å². The summed E-state index contributed by atoms with van der Waals surface area (Å²) in [5.41, 5.74) is -2.03. The Bertz CT molecular complexity index is 1160. The highest BCUT2D eigenvalue weighted by Gasteiger charge is 2.44. The number of likely N-dealkylation sites (tertiary alicyclic amines) is 1. The van der Waals surface area contributed by atoms with Gasteiger partial charge in [-0.25, -0.2) is 17.5 Å². The van der Waals surface area contributed by atoms with Crippen molar-refractivity contribution in [2.45, 2.75) is 42.7 Å². The van der Waals surface area contributed by atoms with Crippen LogP contribution in [0.4, 0.5) is 30.7 Å². The fourth-order valence-corrected chi connectivity index (χ4v) is 6.25. The summed E-state index contributed by atoms with van der Waals surface area (Å²) in [6, 6.07) is 5.81. The molecule has 0 radical (unpaired) electrons. The molecule has 1 aliphatic carbocycles. The topological polar surface area (TPSA) is 49.4 Å². The average molecular weight is 510 g/mol. The van der Waals surface area contributed by atoms with E-state index in [0.717, 1.165) is 24.3 Å². The lowest BCUT2D eigenvalue weighted by atomic mass is 9.98. The van der Waals surface area contributed by atoms with E-state index in [2.05, 4.69) is 4.72 Å². The van der Waals surface area contributed by atoms with Gasteiger partial charge < -0.3 is 0 Å². The molecule has 4 rings (SSSR count). The summed E-state index contributed by atoms with van der Waals surface area (Å²) < 4.78 is 119. The molecule has 4 nitrogen and oxygen atoms in total. The molecule has 1 N–H and O–H groups in total. The molecule has 2 fully saturated rings. The van der Waals surface area contributed by atoms with Gasteiger partial charge >= 0.3 is 12.4 Å². The highest BCUT2D eigenvalue weighted by Crippen LogP contribution is 2.40. The van der Waals surface area contributed by atoms with Gasteiger partial charge in [-0.3, -0.25) is 4.90 Å². The van der Waals surface area contributed by atoms with Gasteiger partial charge in [0.15, 0.2) is 0 Å². The maximum atomic E-state index is 13.9. The number of benzene rings is 2. The van der Waals surface area contributed by atoms with Crippen molar-refractivity contribution in [2.75, 3.05) is 13.1 Å². The van der Waals surface area contributed by atoms with Crippen LogP contribution in [0.25, 0.3) is 0 Å². The van der Waals surface area contributed by atoms with E-state index in [1.807, 2.05) is 4.90 Å². The quantitative estimate of drug-likeness (QED) is 0.573. The number of rotatable bonds is 5. The highest BCUT2D eigenvalue weighted by atomic mass is 32.2. The van der Waals surface area contributed by atoms with E-state index in [1.54, 1.807) is 0 Å². The molecule has 12 heteroatoms. The maximum Gasteiger partial charge on any atom is 0.419 e. The Labute approximate surface area is 191 Å². The van der Waals surface area contributed by atoms with Crippen molar-refractivity contribution in [1.29, 1.82) is 0 Å². The summed E-state index contributed by atoms with van der Waals surface area (Å²) in [6.07, 6.45) is -8.24. The lowest BCUT2D eigenvalue weighted by Crippen LogP contribution is -2.39. The van der Waals surface area contributed by atoms with E-state index < -0.39 is 50.3 Å². The third kappa shape index (κ3) is 5.23. The predicted molar refractivity (Wildman–Crippen MR) is 108 cm³/mol. The van der Waals surface area contributed by atoms with Crippen molar-refractivity contribution in [3.05, 3.63) is 65.0 Å². The van der Waals surface area contributed by atoms with Crippen LogP contribution in [-0.4, -0.2) is 32.4 Å². The van der Waals surface area contributed by atoms with Crippen LogP contribution in [0, 0.1) is 17.7 Å². The number of fused-ring (bicyclic) bond motifs is 1. The summed E-state index contributed by atoms with van der Waals surface area (Å²) in [7, 11) is -4.19. The van der Waals surface area contributed by atoms with Gasteiger partial charge in [0.25, 0.3) is 0 Å². The monoisotopic (exact) mass is 510 g/mol. The van der Waals surface area contributed by atoms with Gasteiger partial charge in [-0.05, 0) is 60.6 Å². The molecule has 1 saturated heterocycles. The number of alkyl halides is 6. The summed E-state index contributed by atoms with van der Waals surface area (Å²) in [4.78, 5) is 1.45. The van der Waals surface area contributed by atoms with E-state index in [9.17, 15) is 39.2 Å². The summed E-state index contributed by atoms with van der Waals surface area (Å²) in [5.74, 6) is -1.34. The van der Waals surface area contributed by atoms with Crippen molar-refractivity contribution < 1.29 is 39.2 Å². The number of nitrogens with zero attached hydrogens (tertiary/aromatic N) is 1. The van der Waals surface area contributed by atoms with Crippen LogP contribution in [-0.2, 0) is 28.9 Å². The van der Waals surface area contributed by atoms with E-state index in [1.165, 1.54) is 6.07 Å². The molecule has 0 amide bonds. The maximum absolute atomic E-state index is 13.9. The lowest BCUT2D eigenvalue weighted by molar-refractivity contribution is -0.140. The third-order valence-electron chi connectivity index (χ3n) is 6.46. The molecule has 2 aliphatic rings. The zero-order valence-electron chi connectivity index (χ0n) is 17.6. The molecule has 1 aliphatic heterocycles. The Balaban J connectivity index is 1.43. The normalized spacial score (nSPS) is 23.9. The number of hydrogen-bond donors (Lipinski definition) is 1. The zero-order valence-corrected chi connectivity index (χ0v) is 18.4. The molecule has 0 aromatic heterocycles. The SMILES string of the molecule is O=S(=O)(N[C@@H]1CC[C@H]2CN(Cc3ccc(C(F)(F)F)c(F)c3)C[C@H]21)c1cccc(C(F)(F)F)c1. The molecule has 34 heavy (non-hydrogen) atoms. The van der Waals surface area contributed by atoms with Crippen molar-refractivity contribution in [2.24, 2.45) is 11.8 Å². The van der Waals surface area contributed by atoms with Crippen LogP contribution >= 0.6 is 0 Å². The molecule has 3 atom stereocenters. The summed E-state index contributed by atoms with van der Waals surface area (Å²) >= 11 is 0. The smallest absolute Gasteiger partial charge is 0.298 e.